The van der Waals surface area contributed by atoms with Crippen LogP contribution in [0.3, 0.4) is 0 Å². The second-order valence-corrected chi connectivity index (χ2v) is 8.83. The van der Waals surface area contributed by atoms with Gasteiger partial charge in [0.15, 0.2) is 0 Å². The van der Waals surface area contributed by atoms with Crippen LogP contribution in [-0.4, -0.2) is 41.2 Å². The molecule has 1 aromatic heterocycles. The summed E-state index contributed by atoms with van der Waals surface area (Å²) in [5.41, 5.74) is 8.08. The summed E-state index contributed by atoms with van der Waals surface area (Å²) >= 11 is 0. The quantitative estimate of drug-likeness (QED) is 0.488. The van der Waals surface area contributed by atoms with Crippen molar-refractivity contribution in [2.45, 2.75) is 24.5 Å². The summed E-state index contributed by atoms with van der Waals surface area (Å²) in [7, 11) is 1.66. The summed E-state index contributed by atoms with van der Waals surface area (Å²) in [5, 5.41) is 13.6. The van der Waals surface area contributed by atoms with Crippen LogP contribution in [0.2, 0.25) is 0 Å². The number of ether oxygens (including phenoxy) is 1. The molecule has 6 rings (SSSR count). The molecule has 2 bridgehead atoms. The number of aliphatic hydroxyl groups is 1. The van der Waals surface area contributed by atoms with E-state index in [9.17, 15) is 5.11 Å². The van der Waals surface area contributed by atoms with E-state index in [4.69, 9.17) is 10.5 Å². The Kier molecular flexibility index (Phi) is 4.95. The highest BCUT2D eigenvalue weighted by molar-refractivity contribution is 5.85. The zero-order chi connectivity index (χ0) is 21.6. The first-order valence-electron chi connectivity index (χ1n) is 10.9. The second kappa shape index (κ2) is 7.66. The Labute approximate surface area is 183 Å². The number of nitrogens with zero attached hydrogens (tertiary/aromatic N) is 2. The molecule has 3 saturated heterocycles. The normalized spacial score (nSPS) is 27.0. The van der Waals surface area contributed by atoms with Crippen LogP contribution < -0.4 is 10.5 Å². The minimum Gasteiger partial charge on any atom is -0.497 e. The number of anilines is 1. The van der Waals surface area contributed by atoms with Crippen LogP contribution >= 0.6 is 0 Å². The van der Waals surface area contributed by atoms with Crippen LogP contribution in [0.25, 0.3) is 10.9 Å². The maximum absolute atomic E-state index is 12.7. The third-order valence-corrected chi connectivity index (χ3v) is 7.28. The third-order valence-electron chi connectivity index (χ3n) is 7.28. The van der Waals surface area contributed by atoms with Gasteiger partial charge in [0.05, 0.1) is 12.6 Å². The summed E-state index contributed by atoms with van der Waals surface area (Å²) in [6.45, 7) is 5.96. The summed E-state index contributed by atoms with van der Waals surface area (Å²) in [4.78, 5) is 6.97. The van der Waals surface area contributed by atoms with Gasteiger partial charge >= 0.3 is 0 Å². The molecule has 5 atom stereocenters. The first-order valence-corrected chi connectivity index (χ1v) is 10.9. The molecule has 0 spiro atoms. The average Bonchev–Trinajstić information content (AvgIpc) is 2.83. The lowest BCUT2D eigenvalue weighted by Crippen LogP contribution is -2.61. The number of benzene rings is 2. The Balaban J connectivity index is 1.73. The largest absolute Gasteiger partial charge is 0.497 e. The van der Waals surface area contributed by atoms with Crippen LogP contribution in [-0.2, 0) is 5.60 Å². The zero-order valence-corrected chi connectivity index (χ0v) is 17.9. The van der Waals surface area contributed by atoms with Crippen molar-refractivity contribution in [2.24, 2.45) is 11.8 Å². The van der Waals surface area contributed by atoms with Gasteiger partial charge in [0, 0.05) is 35.4 Å². The highest BCUT2D eigenvalue weighted by atomic mass is 16.5. The number of fused-ring (bicyclic) bond motifs is 4. The third kappa shape index (κ3) is 3.20. The van der Waals surface area contributed by atoms with Crippen LogP contribution in [0.1, 0.15) is 24.0 Å². The maximum Gasteiger partial charge on any atom is 0.131 e. The maximum atomic E-state index is 12.7. The molecule has 3 aliphatic heterocycles. The summed E-state index contributed by atoms with van der Waals surface area (Å²) in [6, 6.07) is 15.4. The average molecular weight is 416 g/mol. The van der Waals surface area contributed by atoms with E-state index in [1.807, 2.05) is 48.5 Å². The van der Waals surface area contributed by atoms with Crippen LogP contribution in [0.4, 0.5) is 5.69 Å². The van der Waals surface area contributed by atoms with Gasteiger partial charge in [0.2, 0.25) is 0 Å². The molecule has 4 heterocycles. The van der Waals surface area contributed by atoms with E-state index in [0.29, 0.717) is 17.5 Å². The van der Waals surface area contributed by atoms with Gasteiger partial charge in [-0.2, -0.15) is 0 Å². The van der Waals surface area contributed by atoms with Crippen LogP contribution in [0.15, 0.2) is 67.4 Å². The van der Waals surface area contributed by atoms with E-state index >= 15 is 0 Å². The second-order valence-electron chi connectivity index (χ2n) is 8.83. The molecule has 5 nitrogen and oxygen atoms in total. The van der Waals surface area contributed by atoms with E-state index < -0.39 is 5.60 Å². The van der Waals surface area contributed by atoms with E-state index in [1.54, 1.807) is 13.3 Å². The number of rotatable bonds is 5. The lowest BCUT2D eigenvalue weighted by atomic mass is 9.67. The van der Waals surface area contributed by atoms with Gasteiger partial charge in [-0.25, -0.2) is 0 Å². The molecule has 1 unspecified atom stereocenters. The van der Waals surface area contributed by atoms with Crippen molar-refractivity contribution >= 4 is 16.6 Å². The van der Waals surface area contributed by atoms with Crippen LogP contribution in [0.5, 0.6) is 5.75 Å². The Morgan fingerprint density at radius 2 is 2.13 bits per heavy atom. The van der Waals surface area contributed by atoms with Crippen LogP contribution in [0, 0.1) is 11.8 Å². The van der Waals surface area contributed by atoms with Crippen molar-refractivity contribution in [1.82, 2.24) is 9.88 Å². The molecule has 0 amide bonds. The zero-order valence-electron chi connectivity index (χ0n) is 17.9. The van der Waals surface area contributed by atoms with E-state index in [-0.39, 0.29) is 6.04 Å². The standard InChI is InChI=1S/C26H29N3O2/c1-3-17-16-29-12-10-18(17)13-25(29)26(30,19-5-4-6-20(27)14-19)23-9-11-28-24-8-7-21(31-2)15-22(23)24/h3-9,11,14-15,17-18,25,30H,1,10,12-13,16,27H2,2H3/t17-,18-,25+,26-/m0/s1. The van der Waals surface area contributed by atoms with Gasteiger partial charge in [-0.3, -0.25) is 9.88 Å². The predicted molar refractivity (Wildman–Crippen MR) is 124 cm³/mol. The molecule has 0 saturated carbocycles. The molecule has 2 aromatic carbocycles. The fraction of sp³-hybridized carbons (Fsp3) is 0.346. The first-order chi connectivity index (χ1) is 15.0. The topological polar surface area (TPSA) is 71.6 Å². The van der Waals surface area contributed by atoms with Gasteiger partial charge in [-0.15, -0.1) is 6.58 Å². The molecule has 5 heteroatoms. The number of nitrogens with two attached hydrogens (primary N) is 1. The molecular weight excluding hydrogens is 386 g/mol. The van der Waals surface area contributed by atoms with Gasteiger partial charge < -0.3 is 15.6 Å². The van der Waals surface area contributed by atoms with E-state index in [1.165, 1.54) is 0 Å². The van der Waals surface area contributed by atoms with Crippen molar-refractivity contribution in [1.29, 1.82) is 0 Å². The van der Waals surface area contributed by atoms with Crippen molar-refractivity contribution in [3.8, 4) is 5.75 Å². The Morgan fingerprint density at radius 3 is 2.84 bits per heavy atom. The molecule has 0 aliphatic carbocycles. The number of aromatic nitrogens is 1. The van der Waals surface area contributed by atoms with Crippen molar-refractivity contribution in [3.05, 3.63) is 78.5 Å². The van der Waals surface area contributed by atoms with Crippen molar-refractivity contribution in [2.75, 3.05) is 25.9 Å². The van der Waals surface area contributed by atoms with Gasteiger partial charge in [-0.05, 0) is 73.2 Å². The van der Waals surface area contributed by atoms with E-state index in [2.05, 4.69) is 22.5 Å². The van der Waals surface area contributed by atoms with Crippen molar-refractivity contribution in [3.63, 3.8) is 0 Å². The molecule has 31 heavy (non-hydrogen) atoms. The number of nitrogen functional groups attached to an aromatic ring is 1. The molecule has 160 valence electrons. The fourth-order valence-electron chi connectivity index (χ4n) is 5.66. The van der Waals surface area contributed by atoms with Gasteiger partial charge in [0.1, 0.15) is 11.4 Å². The summed E-state index contributed by atoms with van der Waals surface area (Å²) < 4.78 is 5.49. The molecule has 3 N–H and O–H groups in total. The molecular formula is C26H29N3O2. The monoisotopic (exact) mass is 415 g/mol. The molecule has 3 aromatic rings. The summed E-state index contributed by atoms with van der Waals surface area (Å²) in [5.74, 6) is 1.75. The Bertz CT molecular complexity index is 1130. The highest BCUT2D eigenvalue weighted by Crippen LogP contribution is 2.48. The van der Waals surface area contributed by atoms with Gasteiger partial charge in [-0.1, -0.05) is 18.2 Å². The number of pyridine rings is 1. The first kappa shape index (κ1) is 20.0. The summed E-state index contributed by atoms with van der Waals surface area (Å²) in [6.07, 6.45) is 5.92. The van der Waals surface area contributed by atoms with Gasteiger partial charge in [0.25, 0.3) is 0 Å². The highest BCUT2D eigenvalue weighted by Gasteiger charge is 2.51. The Hall–Kier alpha value is -2.89. The molecule has 3 aliphatic rings. The predicted octanol–water partition coefficient (Wildman–Crippen LogP) is 3.96. The molecule has 0 radical (unpaired) electrons. The van der Waals surface area contributed by atoms with E-state index in [0.717, 1.165) is 53.7 Å². The van der Waals surface area contributed by atoms with Crippen molar-refractivity contribution < 1.29 is 9.84 Å². The number of piperidine rings is 3. The Morgan fingerprint density at radius 1 is 1.26 bits per heavy atom. The minimum atomic E-state index is -1.23. The number of methoxy groups -OCH3 is 1. The number of hydrogen-bond acceptors (Lipinski definition) is 5. The lowest BCUT2D eigenvalue weighted by molar-refractivity contribution is -0.0867. The number of hydrogen-bond donors (Lipinski definition) is 2. The molecule has 3 fully saturated rings. The SMILES string of the molecule is C=C[C@H]1CN2CC[C@H]1C[C@@H]2[C@](O)(c1cccc(N)c1)c1ccnc2ccc(OC)cc12. The lowest BCUT2D eigenvalue weighted by Gasteiger charge is -2.54. The smallest absolute Gasteiger partial charge is 0.131 e. The fourth-order valence-corrected chi connectivity index (χ4v) is 5.66. The minimum absolute atomic E-state index is 0.0546.